The van der Waals surface area contributed by atoms with Crippen LogP contribution < -0.4 is 14.8 Å². The molecule has 0 bridgehead atoms. The van der Waals surface area contributed by atoms with E-state index in [4.69, 9.17) is 52.5 Å². The van der Waals surface area contributed by atoms with Crippen LogP contribution in [0.4, 0.5) is 10.5 Å². The van der Waals surface area contributed by atoms with Crippen molar-refractivity contribution in [1.82, 2.24) is 4.90 Å². The van der Waals surface area contributed by atoms with Gasteiger partial charge < -0.3 is 52.5 Å². The summed E-state index contributed by atoms with van der Waals surface area (Å²) < 4.78 is 78.8. The maximum absolute atomic E-state index is 13.8. The topological polar surface area (TPSA) is 213 Å². The smallest absolute Gasteiger partial charge is 0.411 e. The average Bonchev–Trinajstić information content (AvgIpc) is 3.43. The van der Waals surface area contributed by atoms with Gasteiger partial charge in [0, 0.05) is 6.26 Å². The minimum Gasteiger partial charge on any atom is -0.493 e. The molecule has 0 radical (unpaired) electrons. The molecule has 2 aromatic rings. The molecule has 1 heterocycles. The molecule has 0 fully saturated rings. The summed E-state index contributed by atoms with van der Waals surface area (Å²) in [6.07, 6.45) is 0.138. The second-order valence-corrected chi connectivity index (χ2v) is 14.1. The lowest BCUT2D eigenvalue weighted by Crippen LogP contribution is -2.37. The first kappa shape index (κ1) is 46.5. The Labute approximate surface area is 327 Å². The molecule has 0 saturated carbocycles. The monoisotopic (exact) mass is 814 g/mol. The molecule has 314 valence electrons. The highest BCUT2D eigenvalue weighted by Crippen LogP contribution is 2.38. The molecule has 0 aliphatic carbocycles. The number of hydrogen-bond acceptors (Lipinski definition) is 16. The van der Waals surface area contributed by atoms with Gasteiger partial charge in [0.05, 0.1) is 141 Å². The summed E-state index contributed by atoms with van der Waals surface area (Å²) in [6.45, 7) is 7.16. The minimum atomic E-state index is -3.70. The highest BCUT2D eigenvalue weighted by Gasteiger charge is 2.43. The van der Waals surface area contributed by atoms with Crippen molar-refractivity contribution in [3.05, 3.63) is 53.1 Å². The summed E-state index contributed by atoms with van der Waals surface area (Å²) in [7, 11) is -2.24. The van der Waals surface area contributed by atoms with E-state index >= 15 is 0 Å². The van der Waals surface area contributed by atoms with Gasteiger partial charge in [-0.3, -0.25) is 19.8 Å². The van der Waals surface area contributed by atoms with E-state index in [1.54, 1.807) is 25.1 Å². The van der Waals surface area contributed by atoms with E-state index in [0.29, 0.717) is 103 Å². The van der Waals surface area contributed by atoms with Crippen molar-refractivity contribution in [2.24, 2.45) is 0 Å². The number of aliphatic hydroxyl groups excluding tert-OH is 1. The van der Waals surface area contributed by atoms with Crippen LogP contribution in [0.5, 0.6) is 11.5 Å². The van der Waals surface area contributed by atoms with Crippen LogP contribution in [0.2, 0.25) is 0 Å². The number of fused-ring (bicyclic) bond motifs is 1. The van der Waals surface area contributed by atoms with E-state index in [0.717, 1.165) is 11.2 Å². The van der Waals surface area contributed by atoms with Crippen molar-refractivity contribution in [2.45, 2.75) is 13.0 Å². The van der Waals surface area contributed by atoms with Crippen LogP contribution >= 0.6 is 0 Å². The number of anilines is 1. The largest absolute Gasteiger partial charge is 0.493 e. The maximum atomic E-state index is 13.8. The number of carbonyl (C=O) groups excluding carboxylic acids is 3. The van der Waals surface area contributed by atoms with Crippen LogP contribution in [0, 0.1) is 0 Å². The molecule has 18 nitrogen and oxygen atoms in total. The van der Waals surface area contributed by atoms with Gasteiger partial charge >= 0.3 is 6.09 Å². The van der Waals surface area contributed by atoms with Gasteiger partial charge in [-0.15, -0.1) is 0 Å². The van der Waals surface area contributed by atoms with Gasteiger partial charge in [-0.2, -0.15) is 0 Å². The molecule has 56 heavy (non-hydrogen) atoms. The quantitative estimate of drug-likeness (QED) is 0.0824. The Morgan fingerprint density at radius 2 is 1.25 bits per heavy atom. The summed E-state index contributed by atoms with van der Waals surface area (Å²) >= 11 is 0. The highest BCUT2D eigenvalue weighted by molar-refractivity contribution is 7.90. The fraction of sp³-hybridized carbons (Fsp3) is 0.595. The third-order valence-corrected chi connectivity index (χ3v) is 8.68. The Hall–Kier alpha value is -3.92. The van der Waals surface area contributed by atoms with Gasteiger partial charge in [-0.25, -0.2) is 13.2 Å². The molecule has 1 unspecified atom stereocenters. The zero-order chi connectivity index (χ0) is 40.6. The van der Waals surface area contributed by atoms with Crippen molar-refractivity contribution in [1.29, 1.82) is 0 Å². The van der Waals surface area contributed by atoms with Gasteiger partial charge in [-0.05, 0) is 36.8 Å². The Morgan fingerprint density at radius 3 is 1.73 bits per heavy atom. The minimum absolute atomic E-state index is 0.00445. The molecule has 3 rings (SSSR count). The summed E-state index contributed by atoms with van der Waals surface area (Å²) in [5.74, 6) is -1.31. The Bertz CT molecular complexity index is 1610. The third kappa shape index (κ3) is 16.3. The molecular weight excluding hydrogens is 760 g/mol. The van der Waals surface area contributed by atoms with Gasteiger partial charge in [0.15, 0.2) is 11.5 Å². The standard InChI is InChI=1S/C37H54N2O16S/c1-4-54-33-26-28(8-9-32(33)46-2)31(27-56(3,44)45)39-35(41)29-6-5-7-30(34(29)36(39)42)38-37(43)55-25-24-53-23-22-52-21-20-51-19-18-50-17-16-49-15-14-48-13-12-47-11-10-40/h5-9,26,31,40H,4,10-25,27H2,1-3H3,(H,38,43). The number of nitrogens with zero attached hydrogens (tertiary/aromatic N) is 1. The highest BCUT2D eigenvalue weighted by atomic mass is 32.2. The number of nitrogens with one attached hydrogen (secondary N) is 1. The second kappa shape index (κ2) is 26.1. The Morgan fingerprint density at radius 1 is 0.732 bits per heavy atom. The molecule has 2 aromatic carbocycles. The zero-order valence-electron chi connectivity index (χ0n) is 32.2. The number of aliphatic hydroxyl groups is 1. The zero-order valence-corrected chi connectivity index (χ0v) is 33.0. The van der Waals surface area contributed by atoms with Crippen molar-refractivity contribution >= 4 is 33.4 Å². The van der Waals surface area contributed by atoms with Gasteiger partial charge in [0.2, 0.25) is 0 Å². The van der Waals surface area contributed by atoms with Crippen molar-refractivity contribution in [2.75, 3.05) is 137 Å². The van der Waals surface area contributed by atoms with E-state index in [-0.39, 0.29) is 43.2 Å². The van der Waals surface area contributed by atoms with Crippen LogP contribution in [-0.4, -0.2) is 168 Å². The molecule has 0 aromatic heterocycles. The van der Waals surface area contributed by atoms with Crippen molar-refractivity contribution in [3.8, 4) is 11.5 Å². The number of hydrogen-bond donors (Lipinski definition) is 2. The first-order valence-corrected chi connectivity index (χ1v) is 20.3. The number of carbonyl (C=O) groups is 3. The van der Waals surface area contributed by atoms with Crippen LogP contribution in [-0.2, 0) is 47.7 Å². The Balaban J connectivity index is 1.31. The van der Waals surface area contributed by atoms with E-state index in [1.165, 1.54) is 25.3 Å². The predicted molar refractivity (Wildman–Crippen MR) is 201 cm³/mol. The second-order valence-electron chi connectivity index (χ2n) is 11.9. The third-order valence-electron chi connectivity index (χ3n) is 7.76. The lowest BCUT2D eigenvalue weighted by molar-refractivity contribution is -0.0224. The molecule has 1 aliphatic heterocycles. The van der Waals surface area contributed by atoms with E-state index in [1.807, 2.05) is 0 Å². The molecule has 3 amide bonds. The van der Waals surface area contributed by atoms with Crippen LogP contribution in [0.1, 0.15) is 39.2 Å². The van der Waals surface area contributed by atoms with Gasteiger partial charge in [0.1, 0.15) is 16.4 Å². The van der Waals surface area contributed by atoms with Crippen molar-refractivity contribution < 1.29 is 75.3 Å². The van der Waals surface area contributed by atoms with E-state index in [9.17, 15) is 22.8 Å². The lowest BCUT2D eigenvalue weighted by atomic mass is 10.1. The summed E-state index contributed by atoms with van der Waals surface area (Å²) in [5, 5.41) is 11.1. The number of methoxy groups -OCH3 is 1. The van der Waals surface area contributed by atoms with Crippen LogP contribution in [0.25, 0.3) is 0 Å². The first-order valence-electron chi connectivity index (χ1n) is 18.2. The molecule has 0 spiro atoms. The van der Waals surface area contributed by atoms with E-state index < -0.39 is 39.5 Å². The molecule has 2 N–H and O–H groups in total. The predicted octanol–water partition coefficient (Wildman–Crippen LogP) is 2.13. The van der Waals surface area contributed by atoms with Gasteiger partial charge in [0.25, 0.3) is 11.8 Å². The normalized spacial score (nSPS) is 13.2. The number of imide groups is 1. The maximum Gasteiger partial charge on any atom is 0.411 e. The Kier molecular flexibility index (Phi) is 21.6. The van der Waals surface area contributed by atoms with Crippen LogP contribution in [0.3, 0.4) is 0 Å². The lowest BCUT2D eigenvalue weighted by Gasteiger charge is -2.27. The SMILES string of the molecule is CCOc1cc(C(CS(C)(=O)=O)N2C(=O)c3cccc(NC(=O)OCCOCCOCCOCCOCCOCCOCCOCCO)c3C2=O)ccc1OC. The summed E-state index contributed by atoms with van der Waals surface area (Å²) in [4.78, 5) is 41.0. The van der Waals surface area contributed by atoms with E-state index in [2.05, 4.69) is 5.32 Å². The van der Waals surface area contributed by atoms with Crippen molar-refractivity contribution in [3.63, 3.8) is 0 Å². The number of benzene rings is 2. The fourth-order valence-electron chi connectivity index (χ4n) is 5.29. The molecule has 1 atom stereocenters. The molecule has 1 aliphatic rings. The number of ether oxygens (including phenoxy) is 10. The molecule has 0 saturated heterocycles. The first-order chi connectivity index (χ1) is 27.1. The molecule has 19 heteroatoms. The summed E-state index contributed by atoms with van der Waals surface area (Å²) in [5.41, 5.74) is 0.297. The number of rotatable bonds is 31. The number of sulfone groups is 1. The number of amides is 3. The molecular formula is C37H54N2O16S. The fourth-order valence-corrected chi connectivity index (χ4v) is 6.21. The van der Waals surface area contributed by atoms with Crippen LogP contribution in [0.15, 0.2) is 36.4 Å². The average molecular weight is 815 g/mol. The van der Waals surface area contributed by atoms with Gasteiger partial charge in [-0.1, -0.05) is 12.1 Å². The summed E-state index contributed by atoms with van der Waals surface area (Å²) in [6, 6.07) is 7.87.